The molecular formula is C14H30N4O2. The third-order valence-corrected chi connectivity index (χ3v) is 2.83. The molecule has 3 N–H and O–H groups in total. The van der Waals surface area contributed by atoms with E-state index in [1.165, 1.54) is 6.92 Å². The number of carbonyl (C=O) groups is 2. The normalized spacial score (nSPS) is 10.4. The van der Waals surface area contributed by atoms with Gasteiger partial charge >= 0.3 is 6.03 Å². The Hall–Kier alpha value is -1.30. The summed E-state index contributed by atoms with van der Waals surface area (Å²) in [6.45, 7) is 4.67. The van der Waals surface area contributed by atoms with Gasteiger partial charge in [-0.05, 0) is 39.9 Å². The fraction of sp³-hybridized carbons (Fsp3) is 0.857. The van der Waals surface area contributed by atoms with Gasteiger partial charge < -0.3 is 20.9 Å². The zero-order chi connectivity index (χ0) is 15.2. The summed E-state index contributed by atoms with van der Waals surface area (Å²) in [4.78, 5) is 24.1. The lowest BCUT2D eigenvalue weighted by Gasteiger charge is -2.10. The van der Waals surface area contributed by atoms with E-state index in [9.17, 15) is 9.59 Å². The van der Waals surface area contributed by atoms with Crippen LogP contribution in [0, 0.1) is 0 Å². The average Bonchev–Trinajstić information content (AvgIpc) is 2.37. The van der Waals surface area contributed by atoms with E-state index in [4.69, 9.17) is 0 Å². The minimum absolute atomic E-state index is 0.0256. The van der Waals surface area contributed by atoms with Crippen molar-refractivity contribution in [3.8, 4) is 0 Å². The maximum atomic E-state index is 11.4. The molecule has 0 aliphatic carbocycles. The highest BCUT2D eigenvalue weighted by Crippen LogP contribution is 1.97. The first-order valence-electron chi connectivity index (χ1n) is 7.43. The summed E-state index contributed by atoms with van der Waals surface area (Å²) in [6, 6.07) is -0.0815. The van der Waals surface area contributed by atoms with E-state index in [1.54, 1.807) is 0 Å². The van der Waals surface area contributed by atoms with Crippen molar-refractivity contribution in [3.63, 3.8) is 0 Å². The van der Waals surface area contributed by atoms with Gasteiger partial charge in [-0.3, -0.25) is 4.79 Å². The zero-order valence-corrected chi connectivity index (χ0v) is 13.1. The molecule has 0 rings (SSSR count). The Bertz CT molecular complexity index is 270. The van der Waals surface area contributed by atoms with Crippen molar-refractivity contribution in [1.82, 2.24) is 20.9 Å². The molecule has 0 unspecified atom stereocenters. The highest BCUT2D eigenvalue weighted by atomic mass is 16.2. The van der Waals surface area contributed by atoms with Crippen LogP contribution in [0.15, 0.2) is 0 Å². The molecule has 0 aromatic heterocycles. The van der Waals surface area contributed by atoms with Crippen LogP contribution in [0.2, 0.25) is 0 Å². The van der Waals surface area contributed by atoms with E-state index >= 15 is 0 Å². The molecule has 0 atom stereocenters. The minimum atomic E-state index is -0.0815. The first-order chi connectivity index (χ1) is 9.52. The van der Waals surface area contributed by atoms with Crippen molar-refractivity contribution >= 4 is 11.9 Å². The Kier molecular flexibility index (Phi) is 11.9. The van der Waals surface area contributed by atoms with E-state index in [0.717, 1.165) is 45.2 Å². The van der Waals surface area contributed by atoms with Crippen LogP contribution in [-0.4, -0.2) is 57.1 Å². The van der Waals surface area contributed by atoms with Crippen LogP contribution in [-0.2, 0) is 4.79 Å². The second-order valence-electron chi connectivity index (χ2n) is 5.24. The smallest absolute Gasteiger partial charge is 0.314 e. The topological polar surface area (TPSA) is 73.5 Å². The van der Waals surface area contributed by atoms with E-state index in [0.29, 0.717) is 13.1 Å². The summed E-state index contributed by atoms with van der Waals surface area (Å²) in [5, 5.41) is 8.45. The number of nitrogens with one attached hydrogen (secondary N) is 3. The van der Waals surface area contributed by atoms with Crippen molar-refractivity contribution < 1.29 is 9.59 Å². The average molecular weight is 286 g/mol. The molecule has 0 aliphatic heterocycles. The molecule has 118 valence electrons. The Morgan fingerprint density at radius 1 is 0.800 bits per heavy atom. The summed E-state index contributed by atoms with van der Waals surface area (Å²) in [5.41, 5.74) is 0. The molecule has 0 heterocycles. The lowest BCUT2D eigenvalue weighted by molar-refractivity contribution is -0.118. The summed E-state index contributed by atoms with van der Waals surface area (Å²) in [5.74, 6) is 0.0256. The Morgan fingerprint density at radius 2 is 1.30 bits per heavy atom. The summed E-state index contributed by atoms with van der Waals surface area (Å²) in [6.07, 6.45) is 5.08. The maximum Gasteiger partial charge on any atom is 0.314 e. The van der Waals surface area contributed by atoms with Crippen molar-refractivity contribution in [2.75, 3.05) is 40.3 Å². The first-order valence-corrected chi connectivity index (χ1v) is 7.43. The quantitative estimate of drug-likeness (QED) is 0.495. The molecule has 0 fully saturated rings. The second-order valence-corrected chi connectivity index (χ2v) is 5.24. The van der Waals surface area contributed by atoms with Gasteiger partial charge in [-0.2, -0.15) is 0 Å². The molecule has 0 aromatic carbocycles. The van der Waals surface area contributed by atoms with Crippen LogP contribution in [0.25, 0.3) is 0 Å². The molecule has 0 saturated heterocycles. The van der Waals surface area contributed by atoms with Crippen LogP contribution in [0.5, 0.6) is 0 Å². The number of urea groups is 1. The van der Waals surface area contributed by atoms with Crippen LogP contribution < -0.4 is 16.0 Å². The number of unbranched alkanes of at least 4 members (excludes halogenated alkanes) is 3. The van der Waals surface area contributed by atoms with Gasteiger partial charge in [0, 0.05) is 26.6 Å². The number of hydrogen-bond acceptors (Lipinski definition) is 3. The molecule has 6 nitrogen and oxygen atoms in total. The molecular weight excluding hydrogens is 256 g/mol. The van der Waals surface area contributed by atoms with Crippen LogP contribution >= 0.6 is 0 Å². The standard InChI is InChI=1S/C14H30N4O2/c1-13(19)15-9-6-4-5-7-10-16-14(20)17-11-8-12-18(2)3/h4-12H2,1-3H3,(H,15,19)(H2,16,17,20). The fourth-order valence-electron chi connectivity index (χ4n) is 1.73. The molecule has 0 radical (unpaired) electrons. The van der Waals surface area contributed by atoms with Gasteiger partial charge in [0.25, 0.3) is 0 Å². The van der Waals surface area contributed by atoms with Crippen LogP contribution in [0.4, 0.5) is 4.79 Å². The molecule has 0 aromatic rings. The molecule has 0 saturated carbocycles. The third kappa shape index (κ3) is 14.8. The number of rotatable bonds is 11. The van der Waals surface area contributed by atoms with Crippen LogP contribution in [0.3, 0.4) is 0 Å². The van der Waals surface area contributed by atoms with Gasteiger partial charge in [0.2, 0.25) is 5.91 Å². The predicted octanol–water partition coefficient (Wildman–Crippen LogP) is 0.934. The summed E-state index contributed by atoms with van der Waals surface area (Å²) in [7, 11) is 4.04. The Balaban J connectivity index is 3.21. The number of hydrogen-bond donors (Lipinski definition) is 3. The summed E-state index contributed by atoms with van der Waals surface area (Å²) < 4.78 is 0. The number of nitrogens with zero attached hydrogens (tertiary/aromatic N) is 1. The molecule has 0 spiro atoms. The molecule has 6 heteroatoms. The lowest BCUT2D eigenvalue weighted by atomic mass is 10.2. The second kappa shape index (κ2) is 12.7. The van der Waals surface area contributed by atoms with Crippen molar-refractivity contribution in [3.05, 3.63) is 0 Å². The van der Waals surface area contributed by atoms with Gasteiger partial charge in [-0.25, -0.2) is 4.79 Å². The van der Waals surface area contributed by atoms with Crippen molar-refractivity contribution in [1.29, 1.82) is 0 Å². The van der Waals surface area contributed by atoms with E-state index < -0.39 is 0 Å². The van der Waals surface area contributed by atoms with Crippen LogP contribution in [0.1, 0.15) is 39.0 Å². The minimum Gasteiger partial charge on any atom is -0.356 e. The largest absolute Gasteiger partial charge is 0.356 e. The highest BCUT2D eigenvalue weighted by molar-refractivity contribution is 5.73. The zero-order valence-electron chi connectivity index (χ0n) is 13.1. The fourth-order valence-corrected chi connectivity index (χ4v) is 1.73. The van der Waals surface area contributed by atoms with Gasteiger partial charge in [-0.15, -0.1) is 0 Å². The van der Waals surface area contributed by atoms with E-state index in [1.807, 2.05) is 14.1 Å². The van der Waals surface area contributed by atoms with E-state index in [2.05, 4.69) is 20.9 Å². The SMILES string of the molecule is CC(=O)NCCCCCCNC(=O)NCCCN(C)C. The predicted molar refractivity (Wildman–Crippen MR) is 81.7 cm³/mol. The lowest BCUT2D eigenvalue weighted by Crippen LogP contribution is -2.37. The first kappa shape index (κ1) is 18.7. The number of carbonyl (C=O) groups excluding carboxylic acids is 2. The molecule has 20 heavy (non-hydrogen) atoms. The Labute approximate surface area is 122 Å². The monoisotopic (exact) mass is 286 g/mol. The number of amides is 3. The third-order valence-electron chi connectivity index (χ3n) is 2.83. The maximum absolute atomic E-state index is 11.4. The molecule has 3 amide bonds. The molecule has 0 aliphatic rings. The molecule has 0 bridgehead atoms. The summed E-state index contributed by atoms with van der Waals surface area (Å²) >= 11 is 0. The van der Waals surface area contributed by atoms with Gasteiger partial charge in [0.1, 0.15) is 0 Å². The van der Waals surface area contributed by atoms with Crippen molar-refractivity contribution in [2.45, 2.75) is 39.0 Å². The highest BCUT2D eigenvalue weighted by Gasteiger charge is 1.99. The van der Waals surface area contributed by atoms with Gasteiger partial charge in [0.15, 0.2) is 0 Å². The van der Waals surface area contributed by atoms with E-state index in [-0.39, 0.29) is 11.9 Å². The van der Waals surface area contributed by atoms with Gasteiger partial charge in [0.05, 0.1) is 0 Å². The Morgan fingerprint density at radius 3 is 1.80 bits per heavy atom. The van der Waals surface area contributed by atoms with Crippen molar-refractivity contribution in [2.24, 2.45) is 0 Å². The van der Waals surface area contributed by atoms with Gasteiger partial charge in [-0.1, -0.05) is 12.8 Å².